The van der Waals surface area contributed by atoms with Gasteiger partial charge >= 0.3 is 11.9 Å². The van der Waals surface area contributed by atoms with E-state index >= 15 is 0 Å². The van der Waals surface area contributed by atoms with E-state index in [1.54, 1.807) is 23.5 Å². The van der Waals surface area contributed by atoms with Gasteiger partial charge in [0.1, 0.15) is 0 Å². The number of benzene rings is 2. The van der Waals surface area contributed by atoms with Gasteiger partial charge in [-0.05, 0) is 41.5 Å². The van der Waals surface area contributed by atoms with Gasteiger partial charge in [0, 0.05) is 21.9 Å². The van der Waals surface area contributed by atoms with Gasteiger partial charge in [0.25, 0.3) is 0 Å². The molecule has 0 spiro atoms. The molecular weight excluding hydrogens is 490 g/mol. The zero-order valence-corrected chi connectivity index (χ0v) is 21.4. The van der Waals surface area contributed by atoms with E-state index < -0.39 is 0 Å². The van der Waals surface area contributed by atoms with E-state index in [4.69, 9.17) is 21.1 Å². The Bertz CT molecular complexity index is 1150. The third-order valence-electron chi connectivity index (χ3n) is 4.91. The van der Waals surface area contributed by atoms with Crippen LogP contribution >= 0.6 is 35.1 Å². The molecule has 0 aliphatic heterocycles. The summed E-state index contributed by atoms with van der Waals surface area (Å²) in [5.41, 5.74) is 3.85. The van der Waals surface area contributed by atoms with Crippen LogP contribution in [0.15, 0.2) is 54.6 Å². The Labute approximate surface area is 213 Å². The van der Waals surface area contributed by atoms with Gasteiger partial charge in [0.15, 0.2) is 0 Å². The Morgan fingerprint density at radius 2 is 1.62 bits per heavy atom. The predicted molar refractivity (Wildman–Crippen MR) is 143 cm³/mol. The van der Waals surface area contributed by atoms with E-state index in [2.05, 4.69) is 17.1 Å². The highest BCUT2D eigenvalue weighted by Gasteiger charge is 2.15. The molecule has 0 fully saturated rings. The van der Waals surface area contributed by atoms with Crippen LogP contribution in [0.3, 0.4) is 0 Å². The van der Waals surface area contributed by atoms with E-state index in [1.165, 1.54) is 14.2 Å². The number of nitrogens with zero attached hydrogens (tertiary/aromatic N) is 1. The van der Waals surface area contributed by atoms with Crippen LogP contribution in [0.4, 0.5) is 0 Å². The molecule has 0 aliphatic rings. The normalized spacial score (nSPS) is 11.3. The summed E-state index contributed by atoms with van der Waals surface area (Å²) in [6.07, 6.45) is 4.68. The fraction of sp³-hybridized carbons (Fsp3) is 0.269. The summed E-state index contributed by atoms with van der Waals surface area (Å²) < 4.78 is 9.57. The van der Waals surface area contributed by atoms with Gasteiger partial charge in [-0.2, -0.15) is 0 Å². The number of pyridine rings is 1. The third-order valence-corrected chi connectivity index (χ3v) is 7.99. The van der Waals surface area contributed by atoms with Crippen molar-refractivity contribution < 1.29 is 19.1 Å². The van der Waals surface area contributed by atoms with Crippen molar-refractivity contribution in [3.63, 3.8) is 0 Å². The molecule has 3 rings (SSSR count). The van der Waals surface area contributed by atoms with E-state index in [-0.39, 0.29) is 16.5 Å². The number of fused-ring (bicyclic) bond motifs is 1. The van der Waals surface area contributed by atoms with Gasteiger partial charge in [-0.1, -0.05) is 48.0 Å². The summed E-state index contributed by atoms with van der Waals surface area (Å²) in [6.45, 7) is 0. The molecule has 5 nitrogen and oxygen atoms in total. The van der Waals surface area contributed by atoms with Gasteiger partial charge in [-0.15, -0.1) is 23.5 Å². The second kappa shape index (κ2) is 13.4. The molecule has 1 heterocycles. The van der Waals surface area contributed by atoms with Crippen LogP contribution in [0.1, 0.15) is 34.2 Å². The Kier molecular flexibility index (Phi) is 10.3. The van der Waals surface area contributed by atoms with Gasteiger partial charge < -0.3 is 9.47 Å². The van der Waals surface area contributed by atoms with Crippen molar-refractivity contribution in [3.8, 4) is 0 Å². The van der Waals surface area contributed by atoms with Crippen molar-refractivity contribution in [2.45, 2.75) is 17.4 Å². The molecule has 0 amide bonds. The zero-order valence-electron chi connectivity index (χ0n) is 19.0. The Morgan fingerprint density at radius 3 is 2.29 bits per heavy atom. The summed E-state index contributed by atoms with van der Waals surface area (Å²) in [6, 6.07) is 17.9. The number of hydrogen-bond donors (Lipinski definition) is 0. The number of carbonyl (C=O) groups excluding carboxylic acids is 2. The molecule has 0 saturated heterocycles. The fourth-order valence-electron chi connectivity index (χ4n) is 3.13. The maximum absolute atomic E-state index is 11.5. The molecule has 34 heavy (non-hydrogen) atoms. The molecular formula is C26H26ClNO4S2. The Morgan fingerprint density at radius 1 is 0.941 bits per heavy atom. The largest absolute Gasteiger partial charge is 0.469 e. The minimum absolute atomic E-state index is 0.0728. The van der Waals surface area contributed by atoms with Crippen LogP contribution in [-0.4, -0.2) is 42.6 Å². The lowest BCUT2D eigenvalue weighted by molar-refractivity contribution is -0.140. The quantitative estimate of drug-likeness (QED) is 0.209. The highest BCUT2D eigenvalue weighted by atomic mass is 35.5. The van der Waals surface area contributed by atoms with Crippen molar-refractivity contribution in [2.75, 3.05) is 25.7 Å². The maximum atomic E-state index is 11.5. The van der Waals surface area contributed by atoms with E-state index in [0.717, 1.165) is 27.7 Å². The van der Waals surface area contributed by atoms with Crippen LogP contribution in [-0.2, 0) is 19.1 Å². The highest BCUT2D eigenvalue weighted by molar-refractivity contribution is 8.16. The lowest BCUT2D eigenvalue weighted by Crippen LogP contribution is -2.04. The van der Waals surface area contributed by atoms with Crippen LogP contribution in [0.25, 0.3) is 23.1 Å². The molecule has 0 bridgehead atoms. The highest BCUT2D eigenvalue weighted by Crippen LogP contribution is 2.40. The molecule has 0 aliphatic carbocycles. The minimum Gasteiger partial charge on any atom is -0.469 e. The van der Waals surface area contributed by atoms with Gasteiger partial charge in [-0.3, -0.25) is 9.59 Å². The molecule has 3 aromatic rings. The number of aromatic nitrogens is 1. The minimum atomic E-state index is -0.230. The number of carbonyl (C=O) groups is 2. The van der Waals surface area contributed by atoms with E-state index in [9.17, 15) is 9.59 Å². The SMILES string of the molecule is COC(=O)CCSC(SCCC(=O)OC)c1cccc(C=Cc2ccc3ccc(Cl)cc3n2)c1. The first-order valence-corrected chi connectivity index (χ1v) is 13.2. The first kappa shape index (κ1) is 26.1. The van der Waals surface area contributed by atoms with E-state index in [1.807, 2.05) is 54.6 Å². The summed E-state index contributed by atoms with van der Waals surface area (Å²) >= 11 is 9.43. The number of methoxy groups -OCH3 is 2. The number of ether oxygens (including phenoxy) is 2. The second-order valence-corrected chi connectivity index (χ2v) is 10.5. The lowest BCUT2D eigenvalue weighted by atomic mass is 10.1. The van der Waals surface area contributed by atoms with Crippen LogP contribution in [0.2, 0.25) is 5.02 Å². The van der Waals surface area contributed by atoms with Crippen molar-refractivity contribution in [1.29, 1.82) is 0 Å². The number of rotatable bonds is 11. The number of esters is 2. The number of thioether (sulfide) groups is 2. The molecule has 0 radical (unpaired) electrons. The van der Waals surface area contributed by atoms with Gasteiger partial charge in [0.05, 0.1) is 42.9 Å². The lowest BCUT2D eigenvalue weighted by Gasteiger charge is -2.17. The van der Waals surface area contributed by atoms with Crippen molar-refractivity contribution in [3.05, 3.63) is 76.4 Å². The molecule has 8 heteroatoms. The summed E-state index contributed by atoms with van der Waals surface area (Å²) in [4.78, 5) is 27.7. The third kappa shape index (κ3) is 8.08. The zero-order chi connectivity index (χ0) is 24.3. The predicted octanol–water partition coefficient (Wildman–Crippen LogP) is 6.65. The number of halogens is 1. The summed E-state index contributed by atoms with van der Waals surface area (Å²) in [5, 5.41) is 1.70. The first-order chi connectivity index (χ1) is 16.5. The topological polar surface area (TPSA) is 65.5 Å². The average molecular weight is 516 g/mol. The fourth-order valence-corrected chi connectivity index (χ4v) is 5.94. The molecule has 2 aromatic carbocycles. The van der Waals surface area contributed by atoms with Crippen molar-refractivity contribution in [2.24, 2.45) is 0 Å². The summed E-state index contributed by atoms with van der Waals surface area (Å²) in [7, 11) is 2.79. The molecule has 0 N–H and O–H groups in total. The van der Waals surface area contributed by atoms with Crippen molar-refractivity contribution in [1.82, 2.24) is 4.98 Å². The average Bonchev–Trinajstić information content (AvgIpc) is 2.86. The Hall–Kier alpha value is -2.48. The standard InChI is InChI=1S/C26H26ClNO4S2/c1-31-24(29)12-14-33-26(34-15-13-25(30)32-2)20-5-3-4-18(16-20)6-10-22-11-8-19-7-9-21(27)17-23(19)28-22/h3-11,16-17,26H,12-15H2,1-2H3. The molecule has 0 atom stereocenters. The monoisotopic (exact) mass is 515 g/mol. The van der Waals surface area contributed by atoms with Crippen LogP contribution in [0.5, 0.6) is 0 Å². The van der Waals surface area contributed by atoms with Crippen molar-refractivity contribution >= 4 is 70.1 Å². The van der Waals surface area contributed by atoms with Gasteiger partial charge in [-0.25, -0.2) is 4.98 Å². The maximum Gasteiger partial charge on any atom is 0.306 e. The molecule has 178 valence electrons. The Balaban J connectivity index is 1.73. The van der Waals surface area contributed by atoms with Gasteiger partial charge in [0.2, 0.25) is 0 Å². The van der Waals surface area contributed by atoms with Crippen LogP contribution < -0.4 is 0 Å². The summed E-state index contributed by atoms with van der Waals surface area (Å²) in [5.74, 6) is 0.802. The van der Waals surface area contributed by atoms with Crippen LogP contribution in [0, 0.1) is 0 Å². The molecule has 0 saturated carbocycles. The first-order valence-electron chi connectivity index (χ1n) is 10.7. The molecule has 0 unspecified atom stereocenters. The number of hydrogen-bond acceptors (Lipinski definition) is 7. The molecule has 1 aromatic heterocycles. The smallest absolute Gasteiger partial charge is 0.306 e. The van der Waals surface area contributed by atoms with E-state index in [0.29, 0.717) is 29.4 Å². The second-order valence-electron chi connectivity index (χ2n) is 7.30.